The molecule has 0 saturated carbocycles. The summed E-state index contributed by atoms with van der Waals surface area (Å²) in [6, 6.07) is 4.82. The molecule has 0 aliphatic rings. The fourth-order valence-electron chi connectivity index (χ4n) is 2.12. The Kier molecular flexibility index (Phi) is 6.49. The third kappa shape index (κ3) is 5.27. The highest BCUT2D eigenvalue weighted by Gasteiger charge is 2.21. The standard InChI is InChI=1S/C16H26N2O3/c1-11(2)8-14(16(20)18(3)4)17-10-12-9-13(21-5)6-7-15(12)19/h6-7,9,11,14,17,19H,8,10H2,1-5H3. The number of phenolic OH excluding ortho intramolecular Hbond substituents is 1. The van der Waals surface area contributed by atoms with E-state index < -0.39 is 0 Å². The van der Waals surface area contributed by atoms with Crippen LogP contribution in [-0.4, -0.2) is 43.2 Å². The van der Waals surface area contributed by atoms with Gasteiger partial charge >= 0.3 is 0 Å². The van der Waals surface area contributed by atoms with Gasteiger partial charge in [-0.3, -0.25) is 4.79 Å². The Morgan fingerprint density at radius 3 is 2.57 bits per heavy atom. The molecule has 0 heterocycles. The molecule has 1 aromatic rings. The molecule has 1 amide bonds. The van der Waals surface area contributed by atoms with Crippen LogP contribution in [0.5, 0.6) is 11.5 Å². The van der Waals surface area contributed by atoms with Crippen molar-refractivity contribution in [2.24, 2.45) is 5.92 Å². The second-order valence-corrected chi connectivity index (χ2v) is 5.79. The van der Waals surface area contributed by atoms with Crippen LogP contribution in [0.15, 0.2) is 18.2 Å². The molecule has 1 atom stereocenters. The van der Waals surface area contributed by atoms with E-state index in [4.69, 9.17) is 4.74 Å². The van der Waals surface area contributed by atoms with Crippen molar-refractivity contribution in [2.75, 3.05) is 21.2 Å². The lowest BCUT2D eigenvalue weighted by atomic mass is 10.0. The highest BCUT2D eigenvalue weighted by atomic mass is 16.5. The molecule has 1 rings (SSSR count). The van der Waals surface area contributed by atoms with Crippen molar-refractivity contribution in [3.05, 3.63) is 23.8 Å². The van der Waals surface area contributed by atoms with Crippen molar-refractivity contribution in [3.63, 3.8) is 0 Å². The molecule has 5 heteroatoms. The van der Waals surface area contributed by atoms with E-state index in [-0.39, 0.29) is 17.7 Å². The van der Waals surface area contributed by atoms with E-state index in [9.17, 15) is 9.90 Å². The number of benzene rings is 1. The van der Waals surface area contributed by atoms with Gasteiger partial charge in [0, 0.05) is 26.2 Å². The van der Waals surface area contributed by atoms with E-state index in [1.807, 2.05) is 0 Å². The van der Waals surface area contributed by atoms with Gasteiger partial charge in [0.05, 0.1) is 13.2 Å². The summed E-state index contributed by atoms with van der Waals surface area (Å²) >= 11 is 0. The minimum Gasteiger partial charge on any atom is -0.508 e. The third-order valence-corrected chi connectivity index (χ3v) is 3.27. The van der Waals surface area contributed by atoms with Crippen molar-refractivity contribution < 1.29 is 14.6 Å². The largest absolute Gasteiger partial charge is 0.508 e. The van der Waals surface area contributed by atoms with E-state index >= 15 is 0 Å². The van der Waals surface area contributed by atoms with Gasteiger partial charge in [-0.15, -0.1) is 0 Å². The highest BCUT2D eigenvalue weighted by Crippen LogP contribution is 2.23. The van der Waals surface area contributed by atoms with Gasteiger partial charge in [-0.2, -0.15) is 0 Å². The Balaban J connectivity index is 2.78. The zero-order valence-corrected chi connectivity index (χ0v) is 13.5. The fourth-order valence-corrected chi connectivity index (χ4v) is 2.12. The van der Waals surface area contributed by atoms with Crippen LogP contribution in [0.3, 0.4) is 0 Å². The molecule has 0 fully saturated rings. The lowest BCUT2D eigenvalue weighted by molar-refractivity contribution is -0.131. The number of ether oxygens (including phenoxy) is 1. The predicted molar refractivity (Wildman–Crippen MR) is 83.4 cm³/mol. The first-order chi connectivity index (χ1) is 9.85. The Labute approximate surface area is 126 Å². The number of aromatic hydroxyl groups is 1. The first-order valence-electron chi connectivity index (χ1n) is 7.15. The molecule has 21 heavy (non-hydrogen) atoms. The molecule has 0 spiro atoms. The summed E-state index contributed by atoms with van der Waals surface area (Å²) < 4.78 is 5.15. The first-order valence-corrected chi connectivity index (χ1v) is 7.15. The minimum atomic E-state index is -0.259. The van der Waals surface area contributed by atoms with Crippen LogP contribution in [0.25, 0.3) is 0 Å². The number of carbonyl (C=O) groups excluding carboxylic acids is 1. The molecule has 0 aliphatic carbocycles. The van der Waals surface area contributed by atoms with E-state index in [1.165, 1.54) is 0 Å². The van der Waals surface area contributed by atoms with Crippen LogP contribution < -0.4 is 10.1 Å². The Hall–Kier alpha value is -1.75. The molecule has 0 saturated heterocycles. The smallest absolute Gasteiger partial charge is 0.239 e. The molecule has 2 N–H and O–H groups in total. The van der Waals surface area contributed by atoms with Crippen molar-refractivity contribution >= 4 is 5.91 Å². The van der Waals surface area contributed by atoms with E-state index in [2.05, 4.69) is 19.2 Å². The summed E-state index contributed by atoms with van der Waals surface area (Å²) in [5.41, 5.74) is 0.717. The van der Waals surface area contributed by atoms with Crippen molar-refractivity contribution in [2.45, 2.75) is 32.9 Å². The minimum absolute atomic E-state index is 0.0473. The van der Waals surface area contributed by atoms with Crippen LogP contribution in [0.1, 0.15) is 25.8 Å². The normalized spacial score (nSPS) is 12.3. The monoisotopic (exact) mass is 294 g/mol. The molecular formula is C16H26N2O3. The van der Waals surface area contributed by atoms with Crippen LogP contribution in [0, 0.1) is 5.92 Å². The summed E-state index contributed by atoms with van der Waals surface area (Å²) in [4.78, 5) is 13.8. The number of phenols is 1. The second-order valence-electron chi connectivity index (χ2n) is 5.79. The van der Waals surface area contributed by atoms with Gasteiger partial charge in [0.2, 0.25) is 5.91 Å². The Morgan fingerprint density at radius 2 is 2.05 bits per heavy atom. The van der Waals surface area contributed by atoms with Gasteiger partial charge in [-0.05, 0) is 30.5 Å². The van der Waals surface area contributed by atoms with Gasteiger partial charge in [0.25, 0.3) is 0 Å². The third-order valence-electron chi connectivity index (χ3n) is 3.27. The lowest BCUT2D eigenvalue weighted by Gasteiger charge is -2.23. The quantitative estimate of drug-likeness (QED) is 0.807. The van der Waals surface area contributed by atoms with Gasteiger partial charge in [0.15, 0.2) is 0 Å². The summed E-state index contributed by atoms with van der Waals surface area (Å²) in [5, 5.41) is 13.1. The molecule has 0 bridgehead atoms. The fraction of sp³-hybridized carbons (Fsp3) is 0.562. The SMILES string of the molecule is COc1ccc(O)c(CNC(CC(C)C)C(=O)N(C)C)c1. The molecule has 5 nitrogen and oxygen atoms in total. The molecule has 0 radical (unpaired) electrons. The first kappa shape index (κ1) is 17.3. The molecule has 1 aromatic carbocycles. The molecule has 118 valence electrons. The van der Waals surface area contributed by atoms with Crippen LogP contribution in [-0.2, 0) is 11.3 Å². The van der Waals surface area contributed by atoms with Gasteiger partial charge < -0.3 is 20.1 Å². The number of nitrogens with zero attached hydrogens (tertiary/aromatic N) is 1. The summed E-state index contributed by atoms with van der Waals surface area (Å²) in [6.45, 7) is 4.58. The number of carbonyl (C=O) groups is 1. The van der Waals surface area contributed by atoms with E-state index in [1.54, 1.807) is 44.3 Å². The Bertz CT molecular complexity index is 473. The molecular weight excluding hydrogens is 268 g/mol. The van der Waals surface area contributed by atoms with Crippen LogP contribution in [0.4, 0.5) is 0 Å². The summed E-state index contributed by atoms with van der Waals surface area (Å²) in [5.74, 6) is 1.34. The predicted octanol–water partition coefficient (Wildman–Crippen LogP) is 1.99. The van der Waals surface area contributed by atoms with Gasteiger partial charge in [-0.1, -0.05) is 13.8 Å². The molecule has 0 aliphatic heterocycles. The average molecular weight is 294 g/mol. The van der Waals surface area contributed by atoms with E-state index in [0.717, 1.165) is 12.0 Å². The highest BCUT2D eigenvalue weighted by molar-refractivity contribution is 5.81. The molecule has 1 unspecified atom stereocenters. The van der Waals surface area contributed by atoms with Crippen molar-refractivity contribution in [3.8, 4) is 11.5 Å². The zero-order chi connectivity index (χ0) is 16.0. The number of rotatable bonds is 7. The van der Waals surface area contributed by atoms with Crippen molar-refractivity contribution in [1.29, 1.82) is 0 Å². The zero-order valence-electron chi connectivity index (χ0n) is 13.5. The topological polar surface area (TPSA) is 61.8 Å². The number of hydrogen-bond donors (Lipinski definition) is 2. The van der Waals surface area contributed by atoms with Crippen molar-refractivity contribution in [1.82, 2.24) is 10.2 Å². The number of nitrogens with one attached hydrogen (secondary N) is 1. The number of amides is 1. The maximum absolute atomic E-state index is 12.2. The average Bonchev–Trinajstić information content (AvgIpc) is 2.43. The maximum atomic E-state index is 12.2. The maximum Gasteiger partial charge on any atom is 0.239 e. The lowest BCUT2D eigenvalue weighted by Crippen LogP contribution is -2.44. The number of likely N-dealkylation sites (N-methyl/N-ethyl adjacent to an activating group) is 1. The number of methoxy groups -OCH3 is 1. The van der Waals surface area contributed by atoms with Crippen LogP contribution in [0.2, 0.25) is 0 Å². The Morgan fingerprint density at radius 1 is 1.38 bits per heavy atom. The second kappa shape index (κ2) is 7.88. The summed E-state index contributed by atoms with van der Waals surface area (Å²) in [7, 11) is 5.08. The van der Waals surface area contributed by atoms with Crippen LogP contribution >= 0.6 is 0 Å². The van der Waals surface area contributed by atoms with Gasteiger partial charge in [-0.25, -0.2) is 0 Å². The summed E-state index contributed by atoms with van der Waals surface area (Å²) in [6.07, 6.45) is 0.752. The molecule has 0 aromatic heterocycles. The number of hydrogen-bond acceptors (Lipinski definition) is 4. The van der Waals surface area contributed by atoms with Gasteiger partial charge in [0.1, 0.15) is 11.5 Å². The van der Waals surface area contributed by atoms with E-state index in [0.29, 0.717) is 18.2 Å².